The van der Waals surface area contributed by atoms with Crippen molar-refractivity contribution in [3.05, 3.63) is 17.5 Å². The number of carbonyl (C=O) groups is 3. The second kappa shape index (κ2) is 10.9. The van der Waals surface area contributed by atoms with Gasteiger partial charge in [0.1, 0.15) is 11.2 Å². The molecule has 2 N–H and O–H groups in total. The summed E-state index contributed by atoms with van der Waals surface area (Å²) in [6.07, 6.45) is 9.68. The number of hydrogen-bond acceptors (Lipinski definition) is 5. The summed E-state index contributed by atoms with van der Waals surface area (Å²) in [4.78, 5) is 43.6. The lowest BCUT2D eigenvalue weighted by molar-refractivity contribution is -0.133. The first-order valence-electron chi connectivity index (χ1n) is 13.1. The van der Waals surface area contributed by atoms with E-state index in [-0.39, 0.29) is 36.0 Å². The van der Waals surface area contributed by atoms with E-state index in [4.69, 9.17) is 0 Å². The summed E-state index contributed by atoms with van der Waals surface area (Å²) >= 11 is 0. The van der Waals surface area contributed by atoms with E-state index >= 15 is 0 Å². The molecule has 34 heavy (non-hydrogen) atoms. The average Bonchev–Trinajstić information content (AvgIpc) is 3.50. The highest BCUT2D eigenvalue weighted by molar-refractivity contribution is 6.01. The summed E-state index contributed by atoms with van der Waals surface area (Å²) in [7, 11) is 0. The van der Waals surface area contributed by atoms with Crippen LogP contribution in [0.5, 0.6) is 0 Å². The van der Waals surface area contributed by atoms with Crippen LogP contribution in [0.1, 0.15) is 92.6 Å². The van der Waals surface area contributed by atoms with Crippen molar-refractivity contribution in [2.24, 2.45) is 0 Å². The number of aromatic nitrogens is 2. The maximum Gasteiger partial charge on any atom is 0.273 e. The zero-order valence-corrected chi connectivity index (χ0v) is 20.8. The fourth-order valence-corrected chi connectivity index (χ4v) is 5.52. The molecule has 3 heterocycles. The Morgan fingerprint density at radius 2 is 1.85 bits per heavy atom. The smallest absolute Gasteiger partial charge is 0.273 e. The van der Waals surface area contributed by atoms with Crippen LogP contribution in [-0.2, 0) is 11.3 Å². The number of rotatable bonds is 9. The van der Waals surface area contributed by atoms with E-state index in [1.165, 1.54) is 19.3 Å². The number of amides is 3. The third-order valence-electron chi connectivity index (χ3n) is 7.54. The lowest BCUT2D eigenvalue weighted by Gasteiger charge is -2.43. The fourth-order valence-electron chi connectivity index (χ4n) is 5.52. The normalized spacial score (nSPS) is 23.7. The van der Waals surface area contributed by atoms with Crippen LogP contribution in [0.4, 0.5) is 0 Å². The fraction of sp³-hybridized carbons (Fsp3) is 0.760. The third kappa shape index (κ3) is 5.29. The van der Waals surface area contributed by atoms with Crippen molar-refractivity contribution in [3.8, 4) is 0 Å². The van der Waals surface area contributed by atoms with Crippen LogP contribution in [0.25, 0.3) is 0 Å². The number of fused-ring (bicyclic) bond motifs is 1. The van der Waals surface area contributed by atoms with Gasteiger partial charge in [0.15, 0.2) is 5.69 Å². The molecule has 188 valence electrons. The van der Waals surface area contributed by atoms with Crippen molar-refractivity contribution in [2.45, 2.75) is 89.8 Å². The molecule has 9 nitrogen and oxygen atoms in total. The van der Waals surface area contributed by atoms with Gasteiger partial charge >= 0.3 is 0 Å². The van der Waals surface area contributed by atoms with E-state index < -0.39 is 5.54 Å². The Labute approximate surface area is 202 Å². The number of nitrogens with one attached hydrogen (secondary N) is 2. The highest BCUT2D eigenvalue weighted by atomic mass is 16.2. The molecule has 0 bridgehead atoms. The van der Waals surface area contributed by atoms with Crippen LogP contribution in [-0.4, -0.2) is 81.6 Å². The maximum atomic E-state index is 13.4. The first kappa shape index (κ1) is 24.7. The Hall–Kier alpha value is -2.42. The summed E-state index contributed by atoms with van der Waals surface area (Å²) in [6.45, 7) is 8.39. The molecular weight excluding hydrogens is 432 g/mol. The molecule has 0 unspecified atom stereocenters. The lowest BCUT2D eigenvalue weighted by Crippen LogP contribution is -2.65. The van der Waals surface area contributed by atoms with E-state index in [0.29, 0.717) is 18.8 Å². The number of nitrogens with zero attached hydrogens (tertiary/aromatic N) is 4. The minimum atomic E-state index is -1.03. The van der Waals surface area contributed by atoms with E-state index in [1.807, 2.05) is 13.8 Å². The van der Waals surface area contributed by atoms with Gasteiger partial charge in [-0.3, -0.25) is 19.1 Å². The first-order valence-corrected chi connectivity index (χ1v) is 13.1. The van der Waals surface area contributed by atoms with Crippen LogP contribution >= 0.6 is 0 Å². The SMILES string of the molecule is CCCN1C(=O)c2cc(C(=O)NCCCN3CCCCC3)nn2C[C@@]1(C)C(=O)NC1CCCC1. The summed E-state index contributed by atoms with van der Waals surface area (Å²) in [5, 5.41) is 10.5. The quantitative estimate of drug-likeness (QED) is 0.537. The van der Waals surface area contributed by atoms with Gasteiger partial charge in [-0.1, -0.05) is 26.2 Å². The molecular formula is C25H40N6O3. The van der Waals surface area contributed by atoms with E-state index in [2.05, 4.69) is 20.6 Å². The van der Waals surface area contributed by atoms with Crippen LogP contribution in [0, 0.1) is 0 Å². The molecule has 1 aromatic rings. The van der Waals surface area contributed by atoms with Crippen LogP contribution in [0.2, 0.25) is 0 Å². The van der Waals surface area contributed by atoms with Crippen molar-refractivity contribution in [1.29, 1.82) is 0 Å². The van der Waals surface area contributed by atoms with Gasteiger partial charge in [-0.05, 0) is 65.1 Å². The molecule has 1 saturated carbocycles. The molecule has 1 aliphatic carbocycles. The predicted octanol–water partition coefficient (Wildman–Crippen LogP) is 2.17. The Kier molecular flexibility index (Phi) is 7.91. The predicted molar refractivity (Wildman–Crippen MR) is 130 cm³/mol. The van der Waals surface area contributed by atoms with Gasteiger partial charge in [0, 0.05) is 25.2 Å². The minimum absolute atomic E-state index is 0.133. The second-order valence-electron chi connectivity index (χ2n) is 10.3. The molecule has 1 aromatic heterocycles. The summed E-state index contributed by atoms with van der Waals surface area (Å²) < 4.78 is 1.55. The van der Waals surface area contributed by atoms with Crippen LogP contribution in [0.3, 0.4) is 0 Å². The van der Waals surface area contributed by atoms with Crippen molar-refractivity contribution < 1.29 is 14.4 Å². The molecule has 9 heteroatoms. The third-order valence-corrected chi connectivity index (χ3v) is 7.54. The van der Waals surface area contributed by atoms with E-state index in [1.54, 1.807) is 15.6 Å². The Morgan fingerprint density at radius 3 is 2.56 bits per heavy atom. The number of likely N-dealkylation sites (tertiary alicyclic amines) is 1. The van der Waals surface area contributed by atoms with Gasteiger partial charge in [0.25, 0.3) is 11.8 Å². The molecule has 1 saturated heterocycles. The van der Waals surface area contributed by atoms with Gasteiger partial charge in [-0.2, -0.15) is 5.10 Å². The molecule has 0 spiro atoms. The van der Waals surface area contributed by atoms with Gasteiger partial charge in [-0.15, -0.1) is 0 Å². The van der Waals surface area contributed by atoms with E-state index in [9.17, 15) is 14.4 Å². The lowest BCUT2D eigenvalue weighted by atomic mass is 9.94. The highest BCUT2D eigenvalue weighted by Crippen LogP contribution is 2.29. The van der Waals surface area contributed by atoms with Gasteiger partial charge in [0.05, 0.1) is 6.54 Å². The Bertz CT molecular complexity index is 887. The number of piperidine rings is 1. The molecule has 2 fully saturated rings. The largest absolute Gasteiger partial charge is 0.351 e. The number of carbonyl (C=O) groups excluding carboxylic acids is 3. The molecule has 3 aliphatic rings. The second-order valence-corrected chi connectivity index (χ2v) is 10.3. The Balaban J connectivity index is 1.41. The highest BCUT2D eigenvalue weighted by Gasteiger charge is 2.48. The van der Waals surface area contributed by atoms with Crippen molar-refractivity contribution in [3.63, 3.8) is 0 Å². The summed E-state index contributed by atoms with van der Waals surface area (Å²) in [5.74, 6) is -0.646. The van der Waals surface area contributed by atoms with Crippen LogP contribution in [0.15, 0.2) is 6.07 Å². The van der Waals surface area contributed by atoms with Crippen LogP contribution < -0.4 is 10.6 Å². The maximum absolute atomic E-state index is 13.4. The Morgan fingerprint density at radius 1 is 1.12 bits per heavy atom. The monoisotopic (exact) mass is 472 g/mol. The van der Waals surface area contributed by atoms with Gasteiger partial charge in [-0.25, -0.2) is 0 Å². The zero-order chi connectivity index (χ0) is 24.1. The zero-order valence-electron chi connectivity index (χ0n) is 20.8. The minimum Gasteiger partial charge on any atom is -0.351 e. The summed E-state index contributed by atoms with van der Waals surface area (Å²) in [5.41, 5.74) is -0.423. The van der Waals surface area contributed by atoms with Crippen molar-refractivity contribution in [1.82, 2.24) is 30.2 Å². The first-order chi connectivity index (χ1) is 16.4. The van der Waals surface area contributed by atoms with Crippen molar-refractivity contribution in [2.75, 3.05) is 32.7 Å². The standard InChI is InChI=1S/C25H40N6O3/c1-3-13-30-23(33)21-17-20(22(32)26-12-9-16-29-14-7-4-8-15-29)28-31(21)18-25(30,2)24(34)27-19-10-5-6-11-19/h17,19H,3-16,18H2,1-2H3,(H,26,32)(H,27,34)/t25-/m0/s1. The molecule has 1 atom stereocenters. The molecule has 2 aliphatic heterocycles. The molecule has 0 aromatic carbocycles. The summed E-state index contributed by atoms with van der Waals surface area (Å²) in [6, 6.07) is 1.74. The average molecular weight is 473 g/mol. The van der Waals surface area contributed by atoms with Gasteiger partial charge in [0.2, 0.25) is 5.91 Å². The molecule has 0 radical (unpaired) electrons. The van der Waals surface area contributed by atoms with E-state index in [0.717, 1.165) is 58.2 Å². The van der Waals surface area contributed by atoms with Crippen molar-refractivity contribution >= 4 is 17.7 Å². The molecule has 4 rings (SSSR count). The topological polar surface area (TPSA) is 99.6 Å². The van der Waals surface area contributed by atoms with Gasteiger partial charge < -0.3 is 20.4 Å². The number of hydrogen-bond donors (Lipinski definition) is 2. The molecule has 3 amide bonds.